The molecular weight excluding hydrogens is 350 g/mol. The van der Waals surface area contributed by atoms with Crippen molar-refractivity contribution in [2.45, 2.75) is 25.3 Å². The number of anilines is 1. The largest absolute Gasteiger partial charge is 0.480 e. The Morgan fingerprint density at radius 3 is 3.06 bits per heavy atom. The van der Waals surface area contributed by atoms with Crippen molar-refractivity contribution in [2.24, 2.45) is 0 Å². The fourth-order valence-electron chi connectivity index (χ4n) is 2.05. The lowest BCUT2D eigenvalue weighted by molar-refractivity contribution is 0.391. The molecule has 0 radical (unpaired) electrons. The number of hydrogen-bond donors (Lipinski definition) is 0. The molecule has 1 fully saturated rings. The summed E-state index contributed by atoms with van der Waals surface area (Å²) in [5.74, 6) is 1.35. The Bertz CT molecular complexity index is 389. The molecule has 0 N–H and O–H groups in total. The molecule has 1 atom stereocenters. The van der Waals surface area contributed by atoms with Gasteiger partial charge in [-0.3, -0.25) is 0 Å². The first-order valence-corrected chi connectivity index (χ1v) is 7.57. The lowest BCUT2D eigenvalue weighted by atomic mass is 10.0. The minimum atomic E-state index is 0.481. The van der Waals surface area contributed by atoms with E-state index >= 15 is 0 Å². The first kappa shape index (κ1) is 13.1. The maximum absolute atomic E-state index is 5.21. The van der Waals surface area contributed by atoms with Gasteiger partial charge in [0.2, 0.25) is 11.8 Å². The second-order valence-corrected chi connectivity index (χ2v) is 5.53. The first-order chi connectivity index (χ1) is 8.26. The highest BCUT2D eigenvalue weighted by Crippen LogP contribution is 2.27. The molecule has 1 aliphatic rings. The number of ether oxygens (including phenoxy) is 1. The number of nitrogens with zero attached hydrogens (tertiary/aromatic N) is 3. The molecular formula is C11H15Br2N3O. The van der Waals surface area contributed by atoms with Crippen LogP contribution in [-0.4, -0.2) is 35.0 Å². The van der Waals surface area contributed by atoms with Gasteiger partial charge >= 0.3 is 0 Å². The average molecular weight is 365 g/mol. The summed E-state index contributed by atoms with van der Waals surface area (Å²) in [6.07, 6.45) is 5.42. The van der Waals surface area contributed by atoms with E-state index < -0.39 is 0 Å². The van der Waals surface area contributed by atoms with E-state index in [-0.39, 0.29) is 0 Å². The molecule has 0 bridgehead atoms. The third kappa shape index (κ3) is 2.91. The Morgan fingerprint density at radius 2 is 2.35 bits per heavy atom. The summed E-state index contributed by atoms with van der Waals surface area (Å²) >= 11 is 6.93. The van der Waals surface area contributed by atoms with E-state index in [1.165, 1.54) is 19.3 Å². The second kappa shape index (κ2) is 6.00. The molecule has 0 spiro atoms. The van der Waals surface area contributed by atoms with Crippen molar-refractivity contribution in [3.8, 4) is 5.88 Å². The van der Waals surface area contributed by atoms with Crippen LogP contribution in [0.15, 0.2) is 10.7 Å². The lowest BCUT2D eigenvalue weighted by Gasteiger charge is -2.34. The predicted octanol–water partition coefficient (Wildman–Crippen LogP) is 3.00. The Labute approximate surface area is 118 Å². The van der Waals surface area contributed by atoms with Crippen molar-refractivity contribution >= 4 is 37.8 Å². The predicted molar refractivity (Wildman–Crippen MR) is 75.1 cm³/mol. The van der Waals surface area contributed by atoms with Crippen LogP contribution in [0.4, 0.5) is 5.95 Å². The van der Waals surface area contributed by atoms with Gasteiger partial charge in [0, 0.05) is 17.9 Å². The van der Waals surface area contributed by atoms with Crippen molar-refractivity contribution in [2.75, 3.05) is 23.9 Å². The molecule has 0 aliphatic carbocycles. The number of halogens is 2. The minimum absolute atomic E-state index is 0.481. The van der Waals surface area contributed by atoms with E-state index in [4.69, 9.17) is 4.74 Å². The summed E-state index contributed by atoms with van der Waals surface area (Å²) in [6, 6.07) is 0.481. The van der Waals surface area contributed by atoms with E-state index in [2.05, 4.69) is 46.7 Å². The third-order valence-corrected chi connectivity index (χ3v) is 4.25. The molecule has 1 aromatic rings. The van der Waals surface area contributed by atoms with Crippen LogP contribution < -0.4 is 9.64 Å². The van der Waals surface area contributed by atoms with Gasteiger partial charge < -0.3 is 9.64 Å². The maximum Gasteiger partial charge on any atom is 0.232 e. The zero-order valence-corrected chi connectivity index (χ0v) is 12.9. The first-order valence-electron chi connectivity index (χ1n) is 5.65. The zero-order chi connectivity index (χ0) is 12.3. The molecule has 1 unspecified atom stereocenters. The van der Waals surface area contributed by atoms with Gasteiger partial charge in [0.15, 0.2) is 0 Å². The van der Waals surface area contributed by atoms with E-state index in [0.29, 0.717) is 11.9 Å². The molecule has 4 nitrogen and oxygen atoms in total. The van der Waals surface area contributed by atoms with Crippen molar-refractivity contribution in [1.82, 2.24) is 9.97 Å². The molecule has 1 aliphatic heterocycles. The van der Waals surface area contributed by atoms with Gasteiger partial charge in [-0.05, 0) is 35.2 Å². The Balaban J connectivity index is 2.25. The number of alkyl halides is 1. The Morgan fingerprint density at radius 1 is 1.53 bits per heavy atom. The van der Waals surface area contributed by atoms with Crippen molar-refractivity contribution in [3.63, 3.8) is 0 Å². The average Bonchev–Trinajstić information content (AvgIpc) is 2.39. The van der Waals surface area contributed by atoms with Crippen molar-refractivity contribution in [1.29, 1.82) is 0 Å². The molecule has 0 aromatic carbocycles. The topological polar surface area (TPSA) is 38.2 Å². The van der Waals surface area contributed by atoms with Gasteiger partial charge in [0.1, 0.15) is 0 Å². The number of rotatable bonds is 3. The Kier molecular flexibility index (Phi) is 4.62. The summed E-state index contributed by atoms with van der Waals surface area (Å²) in [6.45, 7) is 1.01. The number of hydrogen-bond acceptors (Lipinski definition) is 4. The van der Waals surface area contributed by atoms with Crippen molar-refractivity contribution in [3.05, 3.63) is 10.7 Å². The second-order valence-electron chi connectivity index (χ2n) is 4.02. The van der Waals surface area contributed by atoms with Gasteiger partial charge in [0.25, 0.3) is 0 Å². The van der Waals surface area contributed by atoms with Crippen LogP contribution in [0, 0.1) is 0 Å². The highest BCUT2D eigenvalue weighted by Gasteiger charge is 2.24. The van der Waals surface area contributed by atoms with E-state index in [1.54, 1.807) is 13.3 Å². The summed E-state index contributed by atoms with van der Waals surface area (Å²) in [7, 11) is 1.62. The molecule has 0 amide bonds. The molecule has 17 heavy (non-hydrogen) atoms. The van der Waals surface area contributed by atoms with Crippen LogP contribution in [0.3, 0.4) is 0 Å². The smallest absolute Gasteiger partial charge is 0.232 e. The quantitative estimate of drug-likeness (QED) is 0.773. The van der Waals surface area contributed by atoms with E-state index in [9.17, 15) is 0 Å². The third-order valence-electron chi connectivity index (χ3n) is 2.95. The molecule has 2 heterocycles. The normalized spacial score (nSPS) is 20.4. The van der Waals surface area contributed by atoms with Gasteiger partial charge in [-0.15, -0.1) is 0 Å². The van der Waals surface area contributed by atoms with Gasteiger partial charge in [-0.25, -0.2) is 4.98 Å². The summed E-state index contributed by atoms with van der Waals surface area (Å²) < 4.78 is 6.00. The SMILES string of the molecule is COc1nc(N2CCCCC2CBr)ncc1Br. The van der Waals surface area contributed by atoms with Gasteiger partial charge in [-0.1, -0.05) is 15.9 Å². The fourth-order valence-corrected chi connectivity index (χ4v) is 3.07. The monoisotopic (exact) mass is 363 g/mol. The van der Waals surface area contributed by atoms with E-state index in [1.807, 2.05) is 0 Å². The number of piperidine rings is 1. The fraction of sp³-hybridized carbons (Fsp3) is 0.636. The summed E-state index contributed by atoms with van der Waals surface area (Å²) in [5.41, 5.74) is 0. The van der Waals surface area contributed by atoms with Crippen LogP contribution in [0.2, 0.25) is 0 Å². The molecule has 2 rings (SSSR count). The number of aromatic nitrogens is 2. The molecule has 94 valence electrons. The highest BCUT2D eigenvalue weighted by molar-refractivity contribution is 9.10. The molecule has 1 saturated heterocycles. The van der Waals surface area contributed by atoms with Crippen LogP contribution in [0.1, 0.15) is 19.3 Å². The Hall–Kier alpha value is -0.360. The summed E-state index contributed by atoms with van der Waals surface area (Å²) in [5, 5.41) is 0.953. The van der Waals surface area contributed by atoms with Gasteiger partial charge in [-0.2, -0.15) is 4.98 Å². The lowest BCUT2D eigenvalue weighted by Crippen LogP contribution is -2.41. The summed E-state index contributed by atoms with van der Waals surface area (Å²) in [4.78, 5) is 11.1. The maximum atomic E-state index is 5.21. The minimum Gasteiger partial charge on any atom is -0.480 e. The highest BCUT2D eigenvalue weighted by atomic mass is 79.9. The molecule has 1 aromatic heterocycles. The van der Waals surface area contributed by atoms with Crippen LogP contribution in [0.25, 0.3) is 0 Å². The van der Waals surface area contributed by atoms with Crippen LogP contribution in [0.5, 0.6) is 5.88 Å². The molecule has 0 saturated carbocycles. The number of methoxy groups -OCH3 is 1. The van der Waals surface area contributed by atoms with Crippen LogP contribution in [-0.2, 0) is 0 Å². The van der Waals surface area contributed by atoms with Gasteiger partial charge in [0.05, 0.1) is 17.8 Å². The van der Waals surface area contributed by atoms with E-state index in [0.717, 1.165) is 22.3 Å². The standard InChI is InChI=1S/C11H15Br2N3O/c1-17-10-9(13)7-14-11(15-10)16-5-3-2-4-8(16)6-12/h7-8H,2-6H2,1H3. The van der Waals surface area contributed by atoms with Crippen molar-refractivity contribution < 1.29 is 4.74 Å². The van der Waals surface area contributed by atoms with Crippen LogP contribution >= 0.6 is 31.9 Å². The zero-order valence-electron chi connectivity index (χ0n) is 9.70. The molecule has 6 heteroatoms.